The predicted molar refractivity (Wildman–Crippen MR) is 109 cm³/mol. The fourth-order valence-corrected chi connectivity index (χ4v) is 3.52. The Morgan fingerprint density at radius 3 is 2.45 bits per heavy atom. The molecule has 0 radical (unpaired) electrons. The van der Waals surface area contributed by atoms with E-state index in [0.717, 1.165) is 23.9 Å². The van der Waals surface area contributed by atoms with Gasteiger partial charge in [0.05, 0.1) is 21.9 Å². The van der Waals surface area contributed by atoms with E-state index in [2.05, 4.69) is 5.10 Å². The normalized spacial score (nSPS) is 13.9. The summed E-state index contributed by atoms with van der Waals surface area (Å²) < 4.78 is 8.31. The number of nitrogens with one attached hydrogen (secondary N) is 1. The lowest BCUT2D eigenvalue weighted by atomic mass is 9.93. The van der Waals surface area contributed by atoms with E-state index in [4.69, 9.17) is 33.7 Å². The summed E-state index contributed by atoms with van der Waals surface area (Å²) in [5.41, 5.74) is 3.98. The highest BCUT2D eigenvalue weighted by Crippen LogP contribution is 2.38. The Morgan fingerprint density at radius 1 is 1.14 bits per heavy atom. The van der Waals surface area contributed by atoms with E-state index in [0.29, 0.717) is 5.75 Å². The minimum Gasteiger partial charge on any atom is -0.453 e. The van der Waals surface area contributed by atoms with E-state index in [1.54, 1.807) is 10.8 Å². The van der Waals surface area contributed by atoms with Crippen LogP contribution in [0.1, 0.15) is 25.3 Å². The van der Waals surface area contributed by atoms with Crippen molar-refractivity contribution in [1.29, 1.82) is 0 Å². The van der Waals surface area contributed by atoms with Gasteiger partial charge in [0.25, 0.3) is 11.1 Å². The number of aromatic nitrogens is 4. The molecule has 4 rings (SSSR count). The van der Waals surface area contributed by atoms with Crippen LogP contribution in [0, 0.1) is 0 Å². The van der Waals surface area contributed by atoms with Gasteiger partial charge in [0, 0.05) is 12.1 Å². The number of pyridine rings is 1. The summed E-state index contributed by atoms with van der Waals surface area (Å²) in [7, 11) is 0. The van der Waals surface area contributed by atoms with E-state index in [1.165, 1.54) is 24.3 Å². The van der Waals surface area contributed by atoms with Gasteiger partial charge in [0.1, 0.15) is 5.75 Å². The van der Waals surface area contributed by atoms with E-state index in [-0.39, 0.29) is 38.9 Å². The highest BCUT2D eigenvalue weighted by molar-refractivity contribution is 6.37. The molecule has 3 N–H and O–H groups in total. The number of nitrogens with zero attached hydrogens (tertiary/aromatic N) is 3. The second kappa shape index (κ2) is 7.41. The Balaban J connectivity index is 1.70. The maximum absolute atomic E-state index is 12.1. The second-order valence-corrected chi connectivity index (χ2v) is 7.41. The van der Waals surface area contributed by atoms with Crippen LogP contribution in [0.3, 0.4) is 0 Å². The highest BCUT2D eigenvalue weighted by Gasteiger charge is 2.21. The van der Waals surface area contributed by atoms with Crippen molar-refractivity contribution >= 4 is 29.0 Å². The molecule has 9 nitrogen and oxygen atoms in total. The van der Waals surface area contributed by atoms with Crippen molar-refractivity contribution in [2.75, 3.05) is 5.73 Å². The van der Waals surface area contributed by atoms with Crippen molar-refractivity contribution in [2.24, 2.45) is 0 Å². The van der Waals surface area contributed by atoms with Gasteiger partial charge in [-0.25, -0.2) is 4.79 Å². The second-order valence-electron chi connectivity index (χ2n) is 6.59. The SMILES string of the molecule is Nc1nn(-c2cc(Cl)c(Oc3ccc(=O)n(C4CCC4)c3)c(Cl)c2)c(=O)[nH]c1=O. The molecular formula is C18H15Cl2N5O4. The van der Waals surface area contributed by atoms with Crippen molar-refractivity contribution in [2.45, 2.75) is 25.3 Å². The van der Waals surface area contributed by atoms with Gasteiger partial charge < -0.3 is 15.0 Å². The molecule has 150 valence electrons. The Bertz CT molecular complexity index is 1250. The van der Waals surface area contributed by atoms with Gasteiger partial charge >= 0.3 is 5.69 Å². The maximum Gasteiger partial charge on any atom is 0.349 e. The zero-order valence-electron chi connectivity index (χ0n) is 14.9. The van der Waals surface area contributed by atoms with Crippen LogP contribution in [-0.2, 0) is 0 Å². The van der Waals surface area contributed by atoms with Gasteiger partial charge in [-0.2, -0.15) is 4.68 Å². The zero-order valence-corrected chi connectivity index (χ0v) is 16.4. The molecule has 1 aliphatic carbocycles. The molecule has 3 aromatic rings. The summed E-state index contributed by atoms with van der Waals surface area (Å²) in [6.45, 7) is 0. The number of hydrogen-bond donors (Lipinski definition) is 2. The molecule has 11 heteroatoms. The van der Waals surface area contributed by atoms with Crippen molar-refractivity contribution in [1.82, 2.24) is 19.3 Å². The monoisotopic (exact) mass is 435 g/mol. The third-order valence-corrected chi connectivity index (χ3v) is 5.24. The predicted octanol–water partition coefficient (Wildman–Crippen LogP) is 2.49. The van der Waals surface area contributed by atoms with E-state index >= 15 is 0 Å². The molecule has 29 heavy (non-hydrogen) atoms. The maximum atomic E-state index is 12.1. The average molecular weight is 436 g/mol. The topological polar surface area (TPSA) is 125 Å². The first kappa shape index (κ1) is 19.3. The number of rotatable bonds is 4. The largest absolute Gasteiger partial charge is 0.453 e. The molecule has 0 spiro atoms. The summed E-state index contributed by atoms with van der Waals surface area (Å²) in [5.74, 6) is 0.174. The van der Waals surface area contributed by atoms with Crippen LogP contribution in [0.4, 0.5) is 5.82 Å². The number of benzene rings is 1. The molecule has 1 saturated carbocycles. The lowest BCUT2D eigenvalue weighted by Crippen LogP contribution is -2.33. The van der Waals surface area contributed by atoms with Gasteiger partial charge in [-0.1, -0.05) is 23.2 Å². The Kier molecular flexibility index (Phi) is 4.93. The minimum atomic E-state index is -0.794. The Morgan fingerprint density at radius 2 is 1.83 bits per heavy atom. The highest BCUT2D eigenvalue weighted by atomic mass is 35.5. The van der Waals surface area contributed by atoms with Gasteiger partial charge in [-0.3, -0.25) is 14.6 Å². The molecule has 0 amide bonds. The fraction of sp³-hybridized carbons (Fsp3) is 0.222. The lowest BCUT2D eigenvalue weighted by molar-refractivity contribution is 0.303. The summed E-state index contributed by atoms with van der Waals surface area (Å²) in [6, 6.07) is 5.93. The molecular weight excluding hydrogens is 421 g/mol. The minimum absolute atomic E-state index is 0.101. The smallest absolute Gasteiger partial charge is 0.349 e. The lowest BCUT2D eigenvalue weighted by Gasteiger charge is -2.27. The molecule has 0 bridgehead atoms. The summed E-state index contributed by atoms with van der Waals surface area (Å²) in [4.78, 5) is 37.5. The fourth-order valence-electron chi connectivity index (χ4n) is 2.97. The van der Waals surface area contributed by atoms with Gasteiger partial charge in [-0.05, 0) is 37.5 Å². The zero-order chi connectivity index (χ0) is 20.7. The van der Waals surface area contributed by atoms with Crippen LogP contribution in [0.25, 0.3) is 5.69 Å². The van der Waals surface area contributed by atoms with E-state index in [9.17, 15) is 14.4 Å². The van der Waals surface area contributed by atoms with Gasteiger partial charge in [-0.15, -0.1) is 5.10 Å². The Labute approximate surface area is 173 Å². The summed E-state index contributed by atoms with van der Waals surface area (Å²) in [6.07, 6.45) is 4.61. The summed E-state index contributed by atoms with van der Waals surface area (Å²) in [5, 5.41) is 3.95. The number of aromatic amines is 1. The van der Waals surface area contributed by atoms with Crippen LogP contribution >= 0.6 is 23.2 Å². The molecule has 1 aromatic carbocycles. The number of nitrogens with two attached hydrogens (primary N) is 1. The first-order valence-corrected chi connectivity index (χ1v) is 9.47. The third-order valence-electron chi connectivity index (χ3n) is 4.68. The van der Waals surface area contributed by atoms with Gasteiger partial charge in [0.2, 0.25) is 5.82 Å². The molecule has 2 aromatic heterocycles. The third kappa shape index (κ3) is 3.66. The number of nitrogen functional groups attached to an aromatic ring is 1. The molecule has 1 fully saturated rings. The average Bonchev–Trinajstić information content (AvgIpc) is 2.62. The van der Waals surface area contributed by atoms with E-state index < -0.39 is 11.2 Å². The van der Waals surface area contributed by atoms with Crippen molar-refractivity contribution in [3.8, 4) is 17.2 Å². The number of hydrogen-bond acceptors (Lipinski definition) is 6. The van der Waals surface area contributed by atoms with Crippen LogP contribution in [0.15, 0.2) is 44.8 Å². The van der Waals surface area contributed by atoms with Crippen LogP contribution in [0.2, 0.25) is 10.0 Å². The molecule has 0 aliphatic heterocycles. The van der Waals surface area contributed by atoms with Crippen LogP contribution in [-0.4, -0.2) is 19.3 Å². The molecule has 0 saturated heterocycles. The number of halogens is 2. The Hall–Kier alpha value is -3.04. The molecule has 0 unspecified atom stereocenters. The van der Waals surface area contributed by atoms with Gasteiger partial charge in [0.15, 0.2) is 5.75 Å². The number of ether oxygens (including phenoxy) is 1. The summed E-state index contributed by atoms with van der Waals surface area (Å²) >= 11 is 12.6. The first-order chi connectivity index (χ1) is 13.8. The van der Waals surface area contributed by atoms with E-state index in [1.807, 2.05) is 4.98 Å². The van der Waals surface area contributed by atoms with Crippen LogP contribution in [0.5, 0.6) is 11.5 Å². The van der Waals surface area contributed by atoms with Crippen LogP contribution < -0.4 is 27.3 Å². The number of anilines is 1. The molecule has 1 aliphatic rings. The van der Waals surface area contributed by atoms with Crippen molar-refractivity contribution in [3.63, 3.8) is 0 Å². The quantitative estimate of drug-likeness (QED) is 0.648. The molecule has 2 heterocycles. The number of H-pyrrole nitrogens is 1. The first-order valence-electron chi connectivity index (χ1n) is 8.72. The standard InChI is InChI=1S/C18H15Cl2N5O4/c19-12-6-10(25-18(28)22-17(27)16(21)23-25)7-13(20)15(12)29-11-4-5-14(26)24(8-11)9-2-1-3-9/h4-9H,1-3H2,(H2,21,23)(H,22,27,28). The van der Waals surface area contributed by atoms with Crippen molar-refractivity contribution < 1.29 is 4.74 Å². The molecule has 0 atom stereocenters. The van der Waals surface area contributed by atoms with Crippen molar-refractivity contribution in [3.05, 3.63) is 71.7 Å².